The number of aryl methyl sites for hydroxylation is 2. The first-order valence-corrected chi connectivity index (χ1v) is 7.60. The minimum atomic E-state index is 0.388. The zero-order valence-electron chi connectivity index (χ0n) is 12.2. The van der Waals surface area contributed by atoms with Crippen LogP contribution in [0, 0.1) is 13.8 Å². The van der Waals surface area contributed by atoms with Crippen molar-refractivity contribution < 1.29 is 5.11 Å². The Hall–Kier alpha value is -1.48. The van der Waals surface area contributed by atoms with Crippen molar-refractivity contribution in [1.82, 2.24) is 0 Å². The summed E-state index contributed by atoms with van der Waals surface area (Å²) in [4.78, 5) is 2.25. The summed E-state index contributed by atoms with van der Waals surface area (Å²) in [6, 6.07) is 12.4. The van der Waals surface area contributed by atoms with Gasteiger partial charge in [0.2, 0.25) is 0 Å². The van der Waals surface area contributed by atoms with E-state index in [1.165, 1.54) is 11.3 Å². The smallest absolute Gasteiger partial charge is 0.123 e. The van der Waals surface area contributed by atoms with Gasteiger partial charge in [-0.3, -0.25) is 0 Å². The molecular formula is C17H20BrNO. The summed E-state index contributed by atoms with van der Waals surface area (Å²) in [5.41, 5.74) is 4.27. The summed E-state index contributed by atoms with van der Waals surface area (Å²) in [6.45, 7) is 7.73. The van der Waals surface area contributed by atoms with Gasteiger partial charge in [-0.2, -0.15) is 0 Å². The van der Waals surface area contributed by atoms with Crippen LogP contribution < -0.4 is 4.90 Å². The van der Waals surface area contributed by atoms with E-state index in [0.29, 0.717) is 12.3 Å². The van der Waals surface area contributed by atoms with E-state index in [9.17, 15) is 5.11 Å². The molecule has 2 nitrogen and oxygen atoms in total. The molecule has 2 aromatic rings. The highest BCUT2D eigenvalue weighted by Crippen LogP contribution is 2.29. The summed E-state index contributed by atoms with van der Waals surface area (Å²) < 4.78 is 1.00. The Labute approximate surface area is 129 Å². The zero-order valence-corrected chi connectivity index (χ0v) is 13.7. The molecule has 0 saturated carbocycles. The Morgan fingerprint density at radius 3 is 2.35 bits per heavy atom. The Morgan fingerprint density at radius 1 is 1.10 bits per heavy atom. The summed E-state index contributed by atoms with van der Waals surface area (Å²) in [5.74, 6) is 0.388. The molecule has 2 rings (SSSR count). The van der Waals surface area contributed by atoms with Gasteiger partial charge in [0.25, 0.3) is 0 Å². The Kier molecular flexibility index (Phi) is 4.71. The molecule has 0 aliphatic carbocycles. The molecule has 0 aliphatic heterocycles. The van der Waals surface area contributed by atoms with Gasteiger partial charge in [-0.25, -0.2) is 0 Å². The molecule has 0 bridgehead atoms. The predicted molar refractivity (Wildman–Crippen MR) is 88.4 cm³/mol. The molecular weight excluding hydrogens is 314 g/mol. The molecule has 3 heteroatoms. The maximum atomic E-state index is 10.2. The van der Waals surface area contributed by atoms with Crippen LogP contribution in [0.15, 0.2) is 40.9 Å². The molecule has 20 heavy (non-hydrogen) atoms. The second-order valence-electron chi connectivity index (χ2n) is 5.08. The topological polar surface area (TPSA) is 23.5 Å². The van der Waals surface area contributed by atoms with E-state index < -0.39 is 0 Å². The van der Waals surface area contributed by atoms with Crippen molar-refractivity contribution in [2.75, 3.05) is 11.4 Å². The fourth-order valence-corrected chi connectivity index (χ4v) is 2.89. The molecule has 0 atom stereocenters. The van der Waals surface area contributed by atoms with Crippen molar-refractivity contribution in [1.29, 1.82) is 0 Å². The van der Waals surface area contributed by atoms with Crippen molar-refractivity contribution >= 4 is 21.6 Å². The van der Waals surface area contributed by atoms with Crippen molar-refractivity contribution in [3.05, 3.63) is 57.6 Å². The van der Waals surface area contributed by atoms with E-state index in [-0.39, 0.29) is 0 Å². The van der Waals surface area contributed by atoms with Gasteiger partial charge in [0.05, 0.1) is 0 Å². The van der Waals surface area contributed by atoms with Crippen LogP contribution >= 0.6 is 15.9 Å². The maximum Gasteiger partial charge on any atom is 0.123 e. The number of nitrogens with zero attached hydrogens (tertiary/aromatic N) is 1. The van der Waals surface area contributed by atoms with Gasteiger partial charge in [0.1, 0.15) is 5.75 Å². The standard InChI is InChI=1S/C17H20BrNO/c1-4-19(16-7-5-12(2)6-8-16)11-14-10-15(18)9-13(3)17(14)20/h5-10,20H,4,11H2,1-3H3. The maximum absolute atomic E-state index is 10.2. The highest BCUT2D eigenvalue weighted by molar-refractivity contribution is 9.10. The number of halogens is 1. The average Bonchev–Trinajstić information content (AvgIpc) is 2.42. The van der Waals surface area contributed by atoms with E-state index in [4.69, 9.17) is 0 Å². The lowest BCUT2D eigenvalue weighted by Crippen LogP contribution is -2.22. The monoisotopic (exact) mass is 333 g/mol. The quantitative estimate of drug-likeness (QED) is 0.868. The summed E-state index contributed by atoms with van der Waals surface area (Å²) in [6.07, 6.45) is 0. The van der Waals surface area contributed by atoms with E-state index in [1.54, 1.807) is 0 Å². The molecule has 1 N–H and O–H groups in total. The third kappa shape index (κ3) is 3.34. The van der Waals surface area contributed by atoms with Gasteiger partial charge in [-0.05, 0) is 50.6 Å². The van der Waals surface area contributed by atoms with Gasteiger partial charge >= 0.3 is 0 Å². The van der Waals surface area contributed by atoms with Crippen LogP contribution in [0.2, 0.25) is 0 Å². The average molecular weight is 334 g/mol. The van der Waals surface area contributed by atoms with E-state index >= 15 is 0 Å². The molecule has 0 radical (unpaired) electrons. The van der Waals surface area contributed by atoms with Crippen molar-refractivity contribution in [2.45, 2.75) is 27.3 Å². The number of hydrogen-bond donors (Lipinski definition) is 1. The van der Waals surface area contributed by atoms with Crippen LogP contribution in [-0.2, 0) is 6.54 Å². The highest BCUT2D eigenvalue weighted by atomic mass is 79.9. The Bertz CT molecular complexity index is 593. The summed E-state index contributed by atoms with van der Waals surface area (Å²) in [5, 5.41) is 10.2. The zero-order chi connectivity index (χ0) is 14.7. The van der Waals surface area contributed by atoms with Crippen LogP contribution in [0.5, 0.6) is 5.75 Å². The highest BCUT2D eigenvalue weighted by Gasteiger charge is 2.11. The Balaban J connectivity index is 2.29. The normalized spacial score (nSPS) is 10.6. The van der Waals surface area contributed by atoms with Gasteiger partial charge in [0, 0.05) is 28.8 Å². The molecule has 0 aliphatic rings. The summed E-state index contributed by atoms with van der Waals surface area (Å²) >= 11 is 3.50. The first-order chi connectivity index (χ1) is 9.51. The largest absolute Gasteiger partial charge is 0.507 e. The first-order valence-electron chi connectivity index (χ1n) is 6.81. The fourth-order valence-electron chi connectivity index (χ4n) is 2.27. The lowest BCUT2D eigenvalue weighted by molar-refractivity contribution is 0.463. The van der Waals surface area contributed by atoms with Gasteiger partial charge in [0.15, 0.2) is 0 Å². The van der Waals surface area contributed by atoms with Gasteiger partial charge in [-0.15, -0.1) is 0 Å². The summed E-state index contributed by atoms with van der Waals surface area (Å²) in [7, 11) is 0. The SMILES string of the molecule is CCN(Cc1cc(Br)cc(C)c1O)c1ccc(C)cc1. The van der Waals surface area contributed by atoms with E-state index in [1.807, 2.05) is 19.1 Å². The molecule has 0 unspecified atom stereocenters. The van der Waals surface area contributed by atoms with Crippen LogP contribution in [-0.4, -0.2) is 11.7 Å². The number of phenols is 1. The van der Waals surface area contributed by atoms with Crippen molar-refractivity contribution in [2.24, 2.45) is 0 Å². The predicted octanol–water partition coefficient (Wildman–Crippen LogP) is 4.80. The van der Waals surface area contributed by atoms with Crippen LogP contribution in [0.25, 0.3) is 0 Å². The number of rotatable bonds is 4. The minimum Gasteiger partial charge on any atom is -0.507 e. The second kappa shape index (κ2) is 6.31. The number of hydrogen-bond acceptors (Lipinski definition) is 2. The van der Waals surface area contributed by atoms with Crippen LogP contribution in [0.1, 0.15) is 23.6 Å². The first kappa shape index (κ1) is 14.9. The van der Waals surface area contributed by atoms with Crippen molar-refractivity contribution in [3.8, 4) is 5.75 Å². The molecule has 0 heterocycles. The molecule has 0 amide bonds. The third-order valence-electron chi connectivity index (χ3n) is 3.49. The fraction of sp³-hybridized carbons (Fsp3) is 0.294. The molecule has 106 valence electrons. The van der Waals surface area contributed by atoms with Crippen molar-refractivity contribution in [3.63, 3.8) is 0 Å². The van der Waals surface area contributed by atoms with Gasteiger partial charge < -0.3 is 10.0 Å². The molecule has 2 aromatic carbocycles. The molecule has 0 spiro atoms. The lowest BCUT2D eigenvalue weighted by Gasteiger charge is -2.24. The van der Waals surface area contributed by atoms with Gasteiger partial charge in [-0.1, -0.05) is 33.6 Å². The number of phenolic OH excluding ortho intramolecular Hbond substituents is 1. The lowest BCUT2D eigenvalue weighted by atomic mass is 10.1. The van der Waals surface area contributed by atoms with Crippen LogP contribution in [0.4, 0.5) is 5.69 Å². The third-order valence-corrected chi connectivity index (χ3v) is 3.94. The Morgan fingerprint density at radius 2 is 1.75 bits per heavy atom. The molecule has 0 saturated heterocycles. The second-order valence-corrected chi connectivity index (χ2v) is 6.00. The van der Waals surface area contributed by atoms with E-state index in [2.05, 4.69) is 58.9 Å². The van der Waals surface area contributed by atoms with E-state index in [0.717, 1.165) is 22.1 Å². The van der Waals surface area contributed by atoms with Crippen LogP contribution in [0.3, 0.4) is 0 Å². The number of anilines is 1. The number of aromatic hydroxyl groups is 1. The molecule has 0 fully saturated rings. The molecule has 0 aromatic heterocycles. The minimum absolute atomic E-state index is 0.388. The number of benzene rings is 2.